The van der Waals surface area contributed by atoms with Gasteiger partial charge < -0.3 is 14.8 Å². The molecule has 2 atom stereocenters. The number of carbonyl (C=O) groups is 1. The standard InChI is InChI=1S/C24H23ClN2O5S2/c1-31-21-13-8-16(14-22(21)32-2)24-27(34(29,30)19-11-9-17(25)10-12-19)20(15-33-24)23(28)26-18-6-4-3-5-7-18/h3-14,20,24H,15H2,1-2H3,(H,26,28)/t20-,24?/m1/s1. The van der Waals surface area contributed by atoms with Gasteiger partial charge in [0.25, 0.3) is 0 Å². The lowest BCUT2D eigenvalue weighted by molar-refractivity contribution is -0.119. The van der Waals surface area contributed by atoms with E-state index in [4.69, 9.17) is 21.1 Å². The van der Waals surface area contributed by atoms with Gasteiger partial charge in [-0.2, -0.15) is 4.31 Å². The van der Waals surface area contributed by atoms with Crippen LogP contribution in [0.25, 0.3) is 0 Å². The Balaban J connectivity index is 1.75. The van der Waals surface area contributed by atoms with Crippen molar-refractivity contribution in [2.75, 3.05) is 25.3 Å². The zero-order chi connectivity index (χ0) is 24.3. The van der Waals surface area contributed by atoms with Crippen LogP contribution in [-0.4, -0.2) is 44.6 Å². The fraction of sp³-hybridized carbons (Fsp3) is 0.208. The van der Waals surface area contributed by atoms with E-state index < -0.39 is 27.3 Å². The number of sulfonamides is 1. The van der Waals surface area contributed by atoms with E-state index in [1.165, 1.54) is 54.6 Å². The first-order chi connectivity index (χ1) is 16.3. The van der Waals surface area contributed by atoms with Crippen LogP contribution in [0.15, 0.2) is 77.7 Å². The van der Waals surface area contributed by atoms with E-state index in [1.807, 2.05) is 6.07 Å². The van der Waals surface area contributed by atoms with Gasteiger partial charge >= 0.3 is 0 Å². The van der Waals surface area contributed by atoms with E-state index in [0.717, 1.165) is 0 Å². The largest absolute Gasteiger partial charge is 0.493 e. The van der Waals surface area contributed by atoms with Gasteiger partial charge in [-0.25, -0.2) is 8.42 Å². The topological polar surface area (TPSA) is 84.9 Å². The zero-order valence-electron chi connectivity index (χ0n) is 18.5. The van der Waals surface area contributed by atoms with Gasteiger partial charge in [0.05, 0.1) is 24.5 Å². The second-order valence-electron chi connectivity index (χ2n) is 7.46. The van der Waals surface area contributed by atoms with Crippen LogP contribution in [-0.2, 0) is 14.8 Å². The predicted octanol–water partition coefficient (Wildman–Crippen LogP) is 4.80. The average molecular weight is 519 g/mol. The number of anilines is 1. The minimum absolute atomic E-state index is 0.0578. The lowest BCUT2D eigenvalue weighted by Gasteiger charge is -2.28. The van der Waals surface area contributed by atoms with E-state index in [0.29, 0.717) is 27.8 Å². The van der Waals surface area contributed by atoms with E-state index >= 15 is 0 Å². The summed E-state index contributed by atoms with van der Waals surface area (Å²) >= 11 is 7.35. The van der Waals surface area contributed by atoms with Gasteiger partial charge in [-0.15, -0.1) is 11.8 Å². The third-order valence-corrected chi connectivity index (χ3v) is 8.97. The Morgan fingerprint density at radius 2 is 1.68 bits per heavy atom. The number of nitrogens with zero attached hydrogens (tertiary/aromatic N) is 1. The number of nitrogens with one attached hydrogen (secondary N) is 1. The highest BCUT2D eigenvalue weighted by Crippen LogP contribution is 2.46. The average Bonchev–Trinajstić information content (AvgIpc) is 3.31. The molecule has 0 spiro atoms. The summed E-state index contributed by atoms with van der Waals surface area (Å²) in [5, 5.41) is 2.61. The van der Waals surface area contributed by atoms with Gasteiger partial charge in [-0.3, -0.25) is 4.79 Å². The highest BCUT2D eigenvalue weighted by molar-refractivity contribution is 8.01. The molecule has 178 valence electrons. The Hall–Kier alpha value is -2.72. The van der Waals surface area contributed by atoms with Crippen molar-refractivity contribution in [3.8, 4) is 11.5 Å². The van der Waals surface area contributed by atoms with Gasteiger partial charge in [0.15, 0.2) is 11.5 Å². The number of carbonyl (C=O) groups excluding carboxylic acids is 1. The quantitative estimate of drug-likeness (QED) is 0.483. The molecular formula is C24H23ClN2O5S2. The van der Waals surface area contributed by atoms with Gasteiger partial charge in [-0.1, -0.05) is 35.9 Å². The Labute approximate surface area is 208 Å². The molecule has 10 heteroatoms. The van der Waals surface area contributed by atoms with Crippen LogP contribution in [0.4, 0.5) is 5.69 Å². The van der Waals surface area contributed by atoms with Crippen LogP contribution in [0.2, 0.25) is 5.02 Å². The molecule has 0 saturated carbocycles. The Morgan fingerprint density at radius 1 is 1.00 bits per heavy atom. The number of benzene rings is 3. The molecule has 0 aromatic heterocycles. The summed E-state index contributed by atoms with van der Waals surface area (Å²) in [5.41, 5.74) is 1.27. The van der Waals surface area contributed by atoms with Crippen LogP contribution in [0.1, 0.15) is 10.9 Å². The van der Waals surface area contributed by atoms with Gasteiger partial charge in [0.1, 0.15) is 6.04 Å². The fourth-order valence-electron chi connectivity index (χ4n) is 3.70. The highest BCUT2D eigenvalue weighted by atomic mass is 35.5. The smallest absolute Gasteiger partial charge is 0.245 e. The fourth-order valence-corrected chi connectivity index (χ4v) is 7.36. The molecule has 4 rings (SSSR count). The molecule has 0 radical (unpaired) electrons. The Morgan fingerprint density at radius 3 is 2.32 bits per heavy atom. The van der Waals surface area contributed by atoms with Crippen molar-refractivity contribution in [2.24, 2.45) is 0 Å². The van der Waals surface area contributed by atoms with Crippen LogP contribution >= 0.6 is 23.4 Å². The van der Waals surface area contributed by atoms with Crippen molar-refractivity contribution >= 4 is 45.0 Å². The molecule has 1 aliphatic heterocycles. The minimum Gasteiger partial charge on any atom is -0.493 e. The molecule has 1 aliphatic rings. The first kappa shape index (κ1) is 24.4. The van der Waals surface area contributed by atoms with Crippen molar-refractivity contribution in [1.82, 2.24) is 4.31 Å². The predicted molar refractivity (Wildman–Crippen MR) is 134 cm³/mol. The Kier molecular flexibility index (Phi) is 7.37. The summed E-state index contributed by atoms with van der Waals surface area (Å²) in [6.07, 6.45) is 0. The van der Waals surface area contributed by atoms with E-state index in [9.17, 15) is 13.2 Å². The number of hydrogen-bond acceptors (Lipinski definition) is 6. The number of methoxy groups -OCH3 is 2. The van der Waals surface area contributed by atoms with Crippen molar-refractivity contribution in [1.29, 1.82) is 0 Å². The summed E-state index contributed by atoms with van der Waals surface area (Å²) in [5.74, 6) is 0.880. The first-order valence-electron chi connectivity index (χ1n) is 10.3. The maximum absolute atomic E-state index is 13.8. The van der Waals surface area contributed by atoms with E-state index in [2.05, 4.69) is 5.32 Å². The molecule has 1 amide bonds. The number of amides is 1. The normalized spacial score (nSPS) is 18.4. The van der Waals surface area contributed by atoms with Gasteiger partial charge in [-0.05, 0) is 54.1 Å². The zero-order valence-corrected chi connectivity index (χ0v) is 20.9. The van der Waals surface area contributed by atoms with Crippen LogP contribution in [0, 0.1) is 0 Å². The highest BCUT2D eigenvalue weighted by Gasteiger charge is 2.47. The van der Waals surface area contributed by atoms with Crippen molar-refractivity contribution in [2.45, 2.75) is 16.3 Å². The molecule has 7 nitrogen and oxygen atoms in total. The molecule has 34 heavy (non-hydrogen) atoms. The van der Waals surface area contributed by atoms with Crippen molar-refractivity contribution in [3.63, 3.8) is 0 Å². The molecule has 1 unspecified atom stereocenters. The molecule has 1 N–H and O–H groups in total. The molecule has 1 fully saturated rings. The molecule has 3 aromatic rings. The number of thioether (sulfide) groups is 1. The third-order valence-electron chi connectivity index (χ3n) is 5.38. The van der Waals surface area contributed by atoms with Crippen molar-refractivity contribution in [3.05, 3.63) is 83.4 Å². The SMILES string of the molecule is COc1ccc(C2SC[C@H](C(=O)Nc3ccccc3)N2S(=O)(=O)c2ccc(Cl)cc2)cc1OC. The van der Waals surface area contributed by atoms with Gasteiger partial charge in [0, 0.05) is 16.5 Å². The summed E-state index contributed by atoms with van der Waals surface area (Å²) in [6, 6.07) is 19.2. The van der Waals surface area contributed by atoms with Crippen LogP contribution < -0.4 is 14.8 Å². The number of ether oxygens (including phenoxy) is 2. The number of hydrogen-bond donors (Lipinski definition) is 1. The lowest BCUT2D eigenvalue weighted by atomic mass is 10.2. The molecule has 1 heterocycles. The summed E-state index contributed by atoms with van der Waals surface area (Å²) in [4.78, 5) is 13.3. The van der Waals surface area contributed by atoms with Crippen LogP contribution in [0.5, 0.6) is 11.5 Å². The monoisotopic (exact) mass is 518 g/mol. The lowest BCUT2D eigenvalue weighted by Crippen LogP contribution is -2.45. The maximum atomic E-state index is 13.8. The molecule has 0 aliphatic carbocycles. The number of halogens is 1. The summed E-state index contributed by atoms with van der Waals surface area (Å²) < 4.78 is 39.6. The molecule has 0 bridgehead atoms. The van der Waals surface area contributed by atoms with Crippen molar-refractivity contribution < 1.29 is 22.7 Å². The summed E-state index contributed by atoms with van der Waals surface area (Å²) in [6.45, 7) is 0. The molecule has 3 aromatic carbocycles. The Bertz CT molecular complexity index is 1270. The summed E-state index contributed by atoms with van der Waals surface area (Å²) in [7, 11) is -1.01. The number of rotatable bonds is 7. The maximum Gasteiger partial charge on any atom is 0.245 e. The van der Waals surface area contributed by atoms with E-state index in [-0.39, 0.29) is 10.6 Å². The second kappa shape index (κ2) is 10.3. The first-order valence-corrected chi connectivity index (χ1v) is 13.2. The van der Waals surface area contributed by atoms with Gasteiger partial charge in [0.2, 0.25) is 15.9 Å². The molecular weight excluding hydrogens is 496 g/mol. The third kappa shape index (κ3) is 4.88. The van der Waals surface area contributed by atoms with Crippen LogP contribution in [0.3, 0.4) is 0 Å². The van der Waals surface area contributed by atoms with E-state index in [1.54, 1.807) is 42.5 Å². The molecule has 1 saturated heterocycles. The number of para-hydroxylation sites is 1. The minimum atomic E-state index is -4.05. The second-order valence-corrected chi connectivity index (χ2v) is 10.9.